The van der Waals surface area contributed by atoms with E-state index in [-0.39, 0.29) is 23.4 Å². The van der Waals surface area contributed by atoms with E-state index >= 15 is 0 Å². The number of allylic oxidation sites excluding steroid dienone is 1. The van der Waals surface area contributed by atoms with Crippen molar-refractivity contribution in [2.24, 2.45) is 34.0 Å². The van der Waals surface area contributed by atoms with Crippen molar-refractivity contribution in [1.82, 2.24) is 4.90 Å². The lowest BCUT2D eigenvalue weighted by atomic mass is 9.59. The van der Waals surface area contributed by atoms with Crippen molar-refractivity contribution in [3.63, 3.8) is 0 Å². The largest absolute Gasteiger partial charge is 0.461 e. The highest BCUT2D eigenvalue weighted by Crippen LogP contribution is 2.56. The molecular weight excluding hydrogens is 346 g/mol. The fourth-order valence-corrected chi connectivity index (χ4v) is 8.30. The predicted octanol–water partition coefficient (Wildman–Crippen LogP) is 5.20. The molecule has 2 aliphatic heterocycles. The summed E-state index contributed by atoms with van der Waals surface area (Å²) in [5.74, 6) is 1.09. The first-order chi connectivity index (χ1) is 13.1. The lowest BCUT2D eigenvalue weighted by Crippen LogP contribution is -2.42. The molecule has 5 aliphatic rings. The summed E-state index contributed by atoms with van der Waals surface area (Å²) in [6.07, 6.45) is 11.5. The molecule has 0 spiro atoms. The molecule has 3 nitrogen and oxygen atoms in total. The molecule has 156 valence electrons. The van der Waals surface area contributed by atoms with Gasteiger partial charge in [0.05, 0.1) is 5.92 Å². The van der Waals surface area contributed by atoms with Crippen molar-refractivity contribution in [1.29, 1.82) is 0 Å². The summed E-state index contributed by atoms with van der Waals surface area (Å²) >= 11 is 0. The van der Waals surface area contributed by atoms with Crippen LogP contribution in [0.5, 0.6) is 0 Å². The molecule has 0 amide bonds. The zero-order valence-electron chi connectivity index (χ0n) is 18.6. The Hall–Kier alpha value is -0.830. The molecule has 0 aromatic carbocycles. The highest BCUT2D eigenvalue weighted by atomic mass is 16.6. The van der Waals surface area contributed by atoms with Crippen molar-refractivity contribution < 1.29 is 9.53 Å². The molecule has 0 N–H and O–H groups in total. The molecule has 2 bridgehead atoms. The quantitative estimate of drug-likeness (QED) is 0.483. The van der Waals surface area contributed by atoms with E-state index in [1.807, 2.05) is 0 Å². The number of hydrogen-bond donors (Lipinski definition) is 0. The Morgan fingerprint density at radius 3 is 2.75 bits per heavy atom. The average Bonchev–Trinajstić information content (AvgIpc) is 2.97. The van der Waals surface area contributed by atoms with E-state index in [1.54, 1.807) is 5.57 Å². The maximum Gasteiger partial charge on any atom is 0.311 e. The molecule has 2 saturated carbocycles. The second-order valence-electron chi connectivity index (χ2n) is 12.5. The number of likely N-dealkylation sites (tertiary alicyclic amines) is 1. The Bertz CT molecular complexity index is 711. The Labute approximate surface area is 171 Å². The summed E-state index contributed by atoms with van der Waals surface area (Å²) in [7, 11) is 0. The molecule has 0 aromatic rings. The van der Waals surface area contributed by atoms with Gasteiger partial charge in [-0.15, -0.1) is 0 Å². The van der Waals surface area contributed by atoms with Crippen molar-refractivity contribution in [3.8, 4) is 0 Å². The normalized spacial score (nSPS) is 50.0. The third-order valence-corrected chi connectivity index (χ3v) is 9.04. The second kappa shape index (κ2) is 6.09. The Balaban J connectivity index is 1.39. The van der Waals surface area contributed by atoms with Gasteiger partial charge in [0.15, 0.2) is 0 Å². The molecule has 0 aromatic heterocycles. The van der Waals surface area contributed by atoms with Gasteiger partial charge >= 0.3 is 5.97 Å². The van der Waals surface area contributed by atoms with Crippen LogP contribution in [-0.4, -0.2) is 36.1 Å². The lowest BCUT2D eigenvalue weighted by molar-refractivity contribution is -0.145. The third-order valence-electron chi connectivity index (χ3n) is 9.04. The summed E-state index contributed by atoms with van der Waals surface area (Å²) in [6, 6.07) is 0.649. The third kappa shape index (κ3) is 2.99. The van der Waals surface area contributed by atoms with Crippen molar-refractivity contribution in [3.05, 3.63) is 11.6 Å². The van der Waals surface area contributed by atoms with Crippen LogP contribution in [0.3, 0.4) is 0 Å². The number of hydrogen-bond acceptors (Lipinski definition) is 3. The fourth-order valence-electron chi connectivity index (χ4n) is 8.30. The first kappa shape index (κ1) is 19.2. The molecule has 5 rings (SSSR count). The maximum atomic E-state index is 12.9. The van der Waals surface area contributed by atoms with E-state index in [0.717, 1.165) is 19.5 Å². The van der Waals surface area contributed by atoms with Gasteiger partial charge < -0.3 is 4.74 Å². The number of ether oxygens (including phenoxy) is 1. The molecule has 0 radical (unpaired) electrons. The van der Waals surface area contributed by atoms with Crippen molar-refractivity contribution in [2.45, 2.75) is 91.7 Å². The lowest BCUT2D eigenvalue weighted by Gasteiger charge is -2.46. The minimum atomic E-state index is 0.0437. The number of nitrogens with zero attached hydrogens (tertiary/aromatic N) is 1. The molecule has 7 atom stereocenters. The number of fused-ring (bicyclic) bond motifs is 4. The van der Waals surface area contributed by atoms with Crippen LogP contribution in [0.15, 0.2) is 11.6 Å². The van der Waals surface area contributed by atoms with E-state index < -0.39 is 0 Å². The summed E-state index contributed by atoms with van der Waals surface area (Å²) in [6.45, 7) is 14.2. The number of esters is 1. The number of carbonyl (C=O) groups excluding carboxylic acids is 1. The SMILES string of the molecule is C[C@H]1CCC[C@]2(C)C[C@H]3OC(=O)C(CN4CC5(C)CC4CC(C)(C)C5)[C@H]3C=C12. The first-order valence-electron chi connectivity index (χ1n) is 11.7. The smallest absolute Gasteiger partial charge is 0.311 e. The average molecular weight is 386 g/mol. The van der Waals surface area contributed by atoms with E-state index in [4.69, 9.17) is 4.74 Å². The van der Waals surface area contributed by atoms with Gasteiger partial charge in [-0.2, -0.15) is 0 Å². The van der Waals surface area contributed by atoms with Crippen LogP contribution in [0, 0.1) is 34.0 Å². The monoisotopic (exact) mass is 385 g/mol. The molecular formula is C25H39NO2. The Kier molecular flexibility index (Phi) is 4.17. The highest BCUT2D eigenvalue weighted by molar-refractivity contribution is 5.76. The van der Waals surface area contributed by atoms with E-state index in [2.05, 4.69) is 45.6 Å². The van der Waals surface area contributed by atoms with Crippen LogP contribution >= 0.6 is 0 Å². The Morgan fingerprint density at radius 1 is 1.18 bits per heavy atom. The Morgan fingerprint density at radius 2 is 1.96 bits per heavy atom. The maximum absolute atomic E-state index is 12.9. The van der Waals surface area contributed by atoms with Crippen LogP contribution in [0.25, 0.3) is 0 Å². The van der Waals surface area contributed by atoms with Gasteiger partial charge in [0.2, 0.25) is 0 Å². The minimum absolute atomic E-state index is 0.0437. The van der Waals surface area contributed by atoms with E-state index in [0.29, 0.717) is 28.7 Å². The fraction of sp³-hybridized carbons (Fsp3) is 0.880. The summed E-state index contributed by atoms with van der Waals surface area (Å²) in [4.78, 5) is 15.6. The van der Waals surface area contributed by atoms with Gasteiger partial charge in [-0.25, -0.2) is 0 Å². The molecule has 3 heteroatoms. The van der Waals surface area contributed by atoms with Crippen LogP contribution in [-0.2, 0) is 9.53 Å². The summed E-state index contributed by atoms with van der Waals surface area (Å²) in [5.41, 5.74) is 2.75. The van der Waals surface area contributed by atoms with E-state index in [9.17, 15) is 4.79 Å². The standard InChI is InChI=1S/C25H39NO2/c1-16-7-6-8-25(5)12-21-18(9-20(16)25)19(22(27)28-21)13-26-15-24(4)11-17(26)10-23(2,3)14-24/h9,16-19,21H,6-8,10-15H2,1-5H3/t16-,17?,18+,19?,21+,24?,25+/m0/s1. The highest BCUT2D eigenvalue weighted by Gasteiger charge is 2.55. The van der Waals surface area contributed by atoms with Crippen molar-refractivity contribution >= 4 is 5.97 Å². The first-order valence-corrected chi connectivity index (χ1v) is 11.7. The van der Waals surface area contributed by atoms with Crippen LogP contribution < -0.4 is 0 Å². The van der Waals surface area contributed by atoms with E-state index in [1.165, 1.54) is 38.5 Å². The number of carbonyl (C=O) groups is 1. The van der Waals surface area contributed by atoms with Gasteiger partial charge in [-0.05, 0) is 60.7 Å². The zero-order chi connectivity index (χ0) is 19.9. The molecule has 2 heterocycles. The number of rotatable bonds is 2. The summed E-state index contributed by atoms with van der Waals surface area (Å²) < 4.78 is 6.00. The summed E-state index contributed by atoms with van der Waals surface area (Å²) in [5, 5.41) is 0. The van der Waals surface area contributed by atoms with Crippen LogP contribution in [0.2, 0.25) is 0 Å². The zero-order valence-corrected chi connectivity index (χ0v) is 18.6. The van der Waals surface area contributed by atoms with Gasteiger partial charge in [-0.3, -0.25) is 9.69 Å². The van der Waals surface area contributed by atoms with Gasteiger partial charge in [0.25, 0.3) is 0 Å². The molecule has 2 saturated heterocycles. The van der Waals surface area contributed by atoms with Crippen LogP contribution in [0.1, 0.15) is 79.6 Å². The van der Waals surface area contributed by atoms with Gasteiger partial charge in [0.1, 0.15) is 6.10 Å². The molecule has 3 unspecified atom stereocenters. The van der Waals surface area contributed by atoms with Crippen molar-refractivity contribution in [2.75, 3.05) is 13.1 Å². The molecule has 3 aliphatic carbocycles. The van der Waals surface area contributed by atoms with Crippen LogP contribution in [0.4, 0.5) is 0 Å². The molecule has 4 fully saturated rings. The molecule has 28 heavy (non-hydrogen) atoms. The van der Waals surface area contributed by atoms with Gasteiger partial charge in [-0.1, -0.05) is 52.7 Å². The minimum Gasteiger partial charge on any atom is -0.461 e. The predicted molar refractivity (Wildman–Crippen MR) is 112 cm³/mol. The van der Waals surface area contributed by atoms with Gasteiger partial charge in [0, 0.05) is 25.0 Å². The topological polar surface area (TPSA) is 29.5 Å². The second-order valence-corrected chi connectivity index (χ2v) is 12.5.